The second-order valence-electron chi connectivity index (χ2n) is 10.4. The molecule has 2 unspecified atom stereocenters. The molecule has 37 heavy (non-hydrogen) atoms. The number of rotatable bonds is 9. The molecule has 0 radical (unpaired) electrons. The van der Waals surface area contributed by atoms with Crippen LogP contribution in [0.15, 0.2) is 36.4 Å². The summed E-state index contributed by atoms with van der Waals surface area (Å²) in [4.78, 5) is 41.7. The quantitative estimate of drug-likeness (QED) is 0.436. The molecule has 2 atom stereocenters. The van der Waals surface area contributed by atoms with Gasteiger partial charge in [0.25, 0.3) is 5.91 Å². The van der Waals surface area contributed by atoms with Crippen LogP contribution in [-0.2, 0) is 14.3 Å². The van der Waals surface area contributed by atoms with Crippen LogP contribution in [-0.4, -0.2) is 53.5 Å². The summed E-state index contributed by atoms with van der Waals surface area (Å²) >= 11 is 1.58. The molecule has 0 saturated heterocycles. The predicted octanol–water partition coefficient (Wildman–Crippen LogP) is 5.70. The zero-order valence-electron chi connectivity index (χ0n) is 23.5. The molecule has 0 aromatic heterocycles. The van der Waals surface area contributed by atoms with E-state index in [4.69, 9.17) is 4.74 Å². The van der Waals surface area contributed by atoms with Crippen molar-refractivity contribution in [3.63, 3.8) is 0 Å². The summed E-state index contributed by atoms with van der Waals surface area (Å²) in [5.74, 6) is -0.0201. The van der Waals surface area contributed by atoms with Gasteiger partial charge in [0.2, 0.25) is 5.91 Å². The Bertz CT molecular complexity index is 1110. The van der Waals surface area contributed by atoms with Gasteiger partial charge in [0, 0.05) is 12.7 Å². The van der Waals surface area contributed by atoms with Gasteiger partial charge in [-0.25, -0.2) is 4.79 Å². The summed E-state index contributed by atoms with van der Waals surface area (Å²) in [6.07, 6.45) is 1.68. The van der Waals surface area contributed by atoms with E-state index in [1.807, 2.05) is 70.3 Å². The molecule has 0 aliphatic carbocycles. The maximum atomic E-state index is 13.9. The summed E-state index contributed by atoms with van der Waals surface area (Å²) in [6, 6.07) is 9.94. The molecular formula is C29H41N3O4S. The molecule has 0 spiro atoms. The minimum absolute atomic E-state index is 0.317. The predicted molar refractivity (Wildman–Crippen MR) is 152 cm³/mol. The van der Waals surface area contributed by atoms with E-state index in [0.29, 0.717) is 12.2 Å². The second kappa shape index (κ2) is 13.0. The maximum absolute atomic E-state index is 13.9. The lowest BCUT2D eigenvalue weighted by atomic mass is 9.96. The van der Waals surface area contributed by atoms with Crippen LogP contribution in [0.25, 0.3) is 0 Å². The summed E-state index contributed by atoms with van der Waals surface area (Å²) < 4.78 is 5.40. The Labute approximate surface area is 225 Å². The van der Waals surface area contributed by atoms with Crippen molar-refractivity contribution in [2.45, 2.75) is 72.6 Å². The number of nitrogens with zero attached hydrogens (tertiary/aromatic N) is 1. The van der Waals surface area contributed by atoms with Crippen molar-refractivity contribution in [1.82, 2.24) is 10.2 Å². The molecule has 2 aromatic rings. The summed E-state index contributed by atoms with van der Waals surface area (Å²) in [7, 11) is 1.61. The van der Waals surface area contributed by atoms with Crippen LogP contribution >= 0.6 is 11.8 Å². The molecule has 0 aliphatic heterocycles. The fourth-order valence-corrected chi connectivity index (χ4v) is 4.57. The molecule has 0 aliphatic rings. The zero-order valence-corrected chi connectivity index (χ0v) is 24.3. The van der Waals surface area contributed by atoms with E-state index in [1.165, 1.54) is 4.90 Å². The number of hydrogen-bond acceptors (Lipinski definition) is 5. The van der Waals surface area contributed by atoms with E-state index in [2.05, 4.69) is 10.6 Å². The third kappa shape index (κ3) is 8.52. The van der Waals surface area contributed by atoms with Crippen molar-refractivity contribution in [1.29, 1.82) is 0 Å². The van der Waals surface area contributed by atoms with Crippen LogP contribution in [0.3, 0.4) is 0 Å². The number of thioether (sulfide) groups is 1. The van der Waals surface area contributed by atoms with E-state index in [-0.39, 0.29) is 11.8 Å². The molecule has 0 fully saturated rings. The van der Waals surface area contributed by atoms with Gasteiger partial charge in [-0.2, -0.15) is 11.8 Å². The van der Waals surface area contributed by atoms with Gasteiger partial charge in [0.1, 0.15) is 17.7 Å². The van der Waals surface area contributed by atoms with E-state index in [9.17, 15) is 14.4 Å². The minimum Gasteiger partial charge on any atom is -0.444 e. The van der Waals surface area contributed by atoms with Crippen molar-refractivity contribution in [2.24, 2.45) is 0 Å². The standard InChI is InChI=1S/C29H41N3O4S/c1-18-13-14-19(2)22(17-18)25(26(33)31-24-20(3)11-10-12-21(24)4)32(8)27(34)23(15-16-37-9)30-28(35)36-29(5,6)7/h10-14,17,23,25H,15-16H2,1-9H3,(H,30,35)(H,31,33). The topological polar surface area (TPSA) is 87.7 Å². The minimum atomic E-state index is -0.899. The van der Waals surface area contributed by atoms with Crippen LogP contribution in [0, 0.1) is 27.7 Å². The van der Waals surface area contributed by atoms with Gasteiger partial charge in [-0.3, -0.25) is 9.59 Å². The van der Waals surface area contributed by atoms with Gasteiger partial charge >= 0.3 is 6.09 Å². The molecule has 8 heteroatoms. The first-order valence-corrected chi connectivity index (χ1v) is 13.8. The molecule has 2 aromatic carbocycles. The fraction of sp³-hybridized carbons (Fsp3) is 0.483. The Morgan fingerprint density at radius 3 is 2.19 bits per heavy atom. The molecule has 0 bridgehead atoms. The van der Waals surface area contributed by atoms with Crippen LogP contribution in [0.4, 0.5) is 10.5 Å². The first-order chi connectivity index (χ1) is 17.2. The highest BCUT2D eigenvalue weighted by atomic mass is 32.2. The Hall–Kier alpha value is -3.00. The van der Waals surface area contributed by atoms with E-state index in [0.717, 1.165) is 33.5 Å². The third-order valence-corrected chi connectivity index (χ3v) is 6.69. The summed E-state index contributed by atoms with van der Waals surface area (Å²) in [5, 5.41) is 5.80. The average molecular weight is 528 g/mol. The number of carbonyl (C=O) groups is 3. The number of nitrogens with one attached hydrogen (secondary N) is 2. The number of para-hydroxylation sites is 1. The van der Waals surface area contributed by atoms with Crippen molar-refractivity contribution < 1.29 is 19.1 Å². The second-order valence-corrected chi connectivity index (χ2v) is 11.4. The van der Waals surface area contributed by atoms with Crippen molar-refractivity contribution >= 4 is 35.4 Å². The van der Waals surface area contributed by atoms with Crippen molar-refractivity contribution in [2.75, 3.05) is 24.4 Å². The highest BCUT2D eigenvalue weighted by Crippen LogP contribution is 2.29. The lowest BCUT2D eigenvalue weighted by molar-refractivity contribution is -0.139. The Morgan fingerprint density at radius 1 is 1.00 bits per heavy atom. The number of ether oxygens (including phenoxy) is 1. The molecule has 202 valence electrons. The molecule has 0 heterocycles. The lowest BCUT2D eigenvalue weighted by Gasteiger charge is -2.32. The normalized spacial score (nSPS) is 12.9. The summed E-state index contributed by atoms with van der Waals surface area (Å²) in [6.45, 7) is 13.1. The third-order valence-electron chi connectivity index (χ3n) is 6.04. The number of carbonyl (C=O) groups excluding carboxylic acids is 3. The smallest absolute Gasteiger partial charge is 0.408 e. The van der Waals surface area contributed by atoms with Gasteiger partial charge in [-0.1, -0.05) is 42.0 Å². The largest absolute Gasteiger partial charge is 0.444 e. The molecular weight excluding hydrogens is 486 g/mol. The van der Waals surface area contributed by atoms with Crippen LogP contribution in [0.5, 0.6) is 0 Å². The number of amides is 3. The fourth-order valence-electron chi connectivity index (χ4n) is 4.10. The van der Waals surface area contributed by atoms with E-state index >= 15 is 0 Å². The first kappa shape index (κ1) is 30.2. The number of benzene rings is 2. The van der Waals surface area contributed by atoms with Crippen LogP contribution in [0.2, 0.25) is 0 Å². The van der Waals surface area contributed by atoms with Crippen molar-refractivity contribution in [3.05, 3.63) is 64.2 Å². The average Bonchev–Trinajstić information content (AvgIpc) is 2.79. The maximum Gasteiger partial charge on any atom is 0.408 e. The van der Waals surface area contributed by atoms with Crippen LogP contribution < -0.4 is 10.6 Å². The Kier molecular flexibility index (Phi) is 10.6. The van der Waals surface area contributed by atoms with Gasteiger partial charge < -0.3 is 20.3 Å². The summed E-state index contributed by atoms with van der Waals surface area (Å²) in [5.41, 5.74) is 4.52. The van der Waals surface area contributed by atoms with E-state index in [1.54, 1.807) is 39.6 Å². The highest BCUT2D eigenvalue weighted by Gasteiger charge is 2.35. The molecule has 2 N–H and O–H groups in total. The molecule has 7 nitrogen and oxygen atoms in total. The first-order valence-electron chi connectivity index (χ1n) is 12.4. The monoisotopic (exact) mass is 527 g/mol. The van der Waals surface area contributed by atoms with Gasteiger partial charge in [0.05, 0.1) is 0 Å². The highest BCUT2D eigenvalue weighted by molar-refractivity contribution is 7.98. The van der Waals surface area contributed by atoms with Gasteiger partial charge in [-0.05, 0) is 89.1 Å². The van der Waals surface area contributed by atoms with Crippen LogP contribution in [0.1, 0.15) is 61.1 Å². The number of alkyl carbamates (subject to hydrolysis) is 1. The number of likely N-dealkylation sites (N-methyl/N-ethyl adjacent to an activating group) is 1. The van der Waals surface area contributed by atoms with Crippen molar-refractivity contribution in [3.8, 4) is 0 Å². The van der Waals surface area contributed by atoms with E-state index < -0.39 is 23.8 Å². The molecule has 0 saturated carbocycles. The number of hydrogen-bond donors (Lipinski definition) is 2. The Balaban J connectivity index is 2.47. The zero-order chi connectivity index (χ0) is 27.9. The SMILES string of the molecule is CSCCC(NC(=O)OC(C)(C)C)C(=O)N(C)C(C(=O)Nc1c(C)cccc1C)c1cc(C)ccc1C. The van der Waals surface area contributed by atoms with Gasteiger partial charge in [0.15, 0.2) is 0 Å². The molecule has 3 amide bonds. The number of aryl methyl sites for hydroxylation is 4. The van der Waals surface area contributed by atoms with Gasteiger partial charge in [-0.15, -0.1) is 0 Å². The lowest BCUT2D eigenvalue weighted by Crippen LogP contribution is -2.51. The number of anilines is 1. The Morgan fingerprint density at radius 2 is 1.62 bits per heavy atom. The molecule has 2 rings (SSSR count).